The Labute approximate surface area is 652 Å². The molecule has 0 saturated heterocycles. The Morgan fingerprint density at radius 2 is 0.734 bits per heavy atom. The van der Waals surface area contributed by atoms with Gasteiger partial charge < -0.3 is 49.2 Å². The van der Waals surface area contributed by atoms with Gasteiger partial charge in [0.1, 0.15) is 22.4 Å². The zero-order chi connectivity index (χ0) is 77.4. The molecule has 30 aliphatic carbocycles. The number of aliphatic hydroxyl groups is 5. The number of nitriles is 1. The summed E-state index contributed by atoms with van der Waals surface area (Å²) in [6, 6.07) is 2.40. The second-order valence-corrected chi connectivity index (χ2v) is 44.8. The molecule has 0 amide bonds. The first-order chi connectivity index (χ1) is 51.5. The van der Waals surface area contributed by atoms with Crippen molar-refractivity contribution in [2.45, 2.75) is 340 Å². The summed E-state index contributed by atoms with van der Waals surface area (Å²) in [6.07, 6.45) is 35.5. The molecule has 608 valence electrons. The van der Waals surface area contributed by atoms with Gasteiger partial charge in [0.2, 0.25) is 0 Å². The van der Waals surface area contributed by atoms with Crippen molar-refractivity contribution < 1.29 is 73.2 Å². The highest BCUT2D eigenvalue weighted by atomic mass is 16.6. The number of aliphatic hydroxyl groups excluding tert-OH is 1. The predicted octanol–water partition coefficient (Wildman–Crippen LogP) is 15.9. The number of rotatable bonds is 15. The van der Waals surface area contributed by atoms with Gasteiger partial charge in [-0.25, -0.2) is 0 Å². The lowest BCUT2D eigenvalue weighted by Gasteiger charge is -2.75. The van der Waals surface area contributed by atoms with Crippen molar-refractivity contribution >= 4 is 29.8 Å². The number of carbonyl (C=O) groups excluding carboxylic acids is 5. The third-order valence-electron chi connectivity index (χ3n) is 38.9. The Balaban J connectivity index is 0.0000000984. The second-order valence-electron chi connectivity index (χ2n) is 44.8. The standard InChI is InChI=1S/2C20H30O3.2C19H28O3.C8H11N.C7H14O3/c1-4-18(2,3)17(21)23-20-10-12-5-13-15(20)7-11-8-16(20)14(6-12)19(13,22)9-11;1-4-18(2,3)17(21)23-20-8-14-11-5-19(22)6-12(14)16(10-20)13(7-19)15(11)9-20;1-3-10(2)17(20)22-19-9-12-4-13-15(19)6-11-7-16(19)14(5-12)18(13,21)8-11;1-3-10(2)17(20)22-19-7-14-11-4-18(21)5-12(14)16(9-19)13(6-18)15(11)8-19;9-5-8-4-6-1-2-7(8)3-6;1-4-7(2,5-8)6(9)10-3/h2*11-16,22H,4-10H2,1-3H3;2*10-16,21H,3-9H2,1-2H3;6-8H,1-4H2;8H,4-5H2,1-3H3. The Morgan fingerprint density at radius 3 is 1.03 bits per heavy atom. The molecule has 5 N–H and O–H groups in total. The molecular weight excluding hydrogens is 1370 g/mol. The largest absolute Gasteiger partial charge is 0.469 e. The van der Waals surface area contributed by atoms with Crippen LogP contribution in [0.5, 0.6) is 0 Å². The molecule has 30 fully saturated rings. The van der Waals surface area contributed by atoms with Gasteiger partial charge in [-0.3, -0.25) is 24.0 Å². The molecule has 30 aliphatic rings. The van der Waals surface area contributed by atoms with Crippen LogP contribution in [0.25, 0.3) is 0 Å². The van der Waals surface area contributed by atoms with E-state index in [0.717, 1.165) is 176 Å². The van der Waals surface area contributed by atoms with E-state index in [1.54, 1.807) is 6.92 Å². The summed E-state index contributed by atoms with van der Waals surface area (Å²) < 4.78 is 29.7. The first-order valence-corrected chi connectivity index (χ1v) is 45.4. The Morgan fingerprint density at radius 1 is 0.404 bits per heavy atom. The molecular formula is C93H141NO15. The average Bonchev–Trinajstić information content (AvgIpc) is 1.12. The summed E-state index contributed by atoms with van der Waals surface area (Å²) >= 11 is 0. The number of ether oxygens (including phenoxy) is 5. The van der Waals surface area contributed by atoms with Gasteiger partial charge >= 0.3 is 29.8 Å². The van der Waals surface area contributed by atoms with Crippen molar-refractivity contribution in [2.75, 3.05) is 13.7 Å². The minimum Gasteiger partial charge on any atom is -0.469 e. The number of methoxy groups -OCH3 is 1. The van der Waals surface area contributed by atoms with Gasteiger partial charge in [0.15, 0.2) is 0 Å². The van der Waals surface area contributed by atoms with Crippen LogP contribution >= 0.6 is 0 Å². The highest BCUT2D eigenvalue weighted by Crippen LogP contribution is 2.79. The average molecular weight is 1510 g/mol. The maximum absolute atomic E-state index is 12.9. The SMILES string of the molecule is CCC(C)(C)C(=O)OC12CC3C4CC5(O)CC3C(C1)C(C5)C4C2.CCC(C)(C)C(=O)OC12CC3CC4C1CC1CC2C(C3)C4(O)C1.CCC(C)(CO)C(=O)OC.CCC(C)C(=O)OC12CC3C4CC5(O)CC3C(C1)C(C5)C4C2.CCC(C)C(=O)OC12CC3CC4C1CC1CC2C(C3)C4(O)C1.N#CC1CC2CCC1C2. The molecule has 0 aliphatic heterocycles. The van der Waals surface area contributed by atoms with Crippen LogP contribution in [0.1, 0.15) is 295 Å². The Kier molecular flexibility index (Phi) is 19.2. The van der Waals surface area contributed by atoms with E-state index in [1.165, 1.54) is 84.2 Å². The van der Waals surface area contributed by atoms with Gasteiger partial charge in [-0.15, -0.1) is 0 Å². The molecule has 0 radical (unpaired) electrons. The van der Waals surface area contributed by atoms with Crippen molar-refractivity contribution in [1.82, 2.24) is 0 Å². The van der Waals surface area contributed by atoms with Gasteiger partial charge in [-0.1, -0.05) is 54.9 Å². The second kappa shape index (κ2) is 26.8. The molecule has 30 rings (SSSR count). The van der Waals surface area contributed by atoms with Crippen LogP contribution in [-0.4, -0.2) is 114 Å². The molecule has 16 nitrogen and oxygen atoms in total. The maximum Gasteiger partial charge on any atom is 0.313 e. The van der Waals surface area contributed by atoms with Crippen molar-refractivity contribution in [3.8, 4) is 6.07 Å². The topological polar surface area (TPSA) is 256 Å². The smallest absolute Gasteiger partial charge is 0.313 e. The zero-order valence-corrected chi connectivity index (χ0v) is 69.1. The maximum atomic E-state index is 12.9. The summed E-state index contributed by atoms with van der Waals surface area (Å²) in [5, 5.41) is 61.9. The van der Waals surface area contributed by atoms with Crippen LogP contribution in [0.3, 0.4) is 0 Å². The van der Waals surface area contributed by atoms with Crippen molar-refractivity contribution in [2.24, 2.45) is 188 Å². The van der Waals surface area contributed by atoms with Crippen molar-refractivity contribution in [3.05, 3.63) is 0 Å². The lowest BCUT2D eigenvalue weighted by Crippen LogP contribution is -2.78. The number of carbonyl (C=O) groups is 5. The molecule has 0 spiro atoms. The molecule has 14 atom stereocenters. The number of hydrogen-bond donors (Lipinski definition) is 5. The molecule has 14 unspecified atom stereocenters. The van der Waals surface area contributed by atoms with E-state index in [-0.39, 0.29) is 87.3 Å². The molecule has 16 heteroatoms. The number of esters is 5. The minimum atomic E-state index is -0.714. The van der Waals surface area contributed by atoms with E-state index >= 15 is 0 Å². The van der Waals surface area contributed by atoms with Crippen molar-refractivity contribution in [1.29, 1.82) is 5.26 Å². The molecule has 34 bridgehead atoms. The Hall–Kier alpha value is -3.36. The van der Waals surface area contributed by atoms with E-state index in [2.05, 4.69) is 38.5 Å². The summed E-state index contributed by atoms with van der Waals surface area (Å²) in [5.74, 6) is 16.5. The van der Waals surface area contributed by atoms with Crippen LogP contribution in [0, 0.1) is 199 Å². The van der Waals surface area contributed by atoms with Gasteiger partial charge in [-0.05, 0) is 370 Å². The summed E-state index contributed by atoms with van der Waals surface area (Å²) in [5.41, 5.74) is -3.75. The molecule has 0 aromatic rings. The van der Waals surface area contributed by atoms with Gasteiger partial charge in [0, 0.05) is 29.6 Å². The summed E-state index contributed by atoms with van der Waals surface area (Å²) in [6.45, 7) is 23.6. The number of fused-ring (bicyclic) bond motifs is 2. The van der Waals surface area contributed by atoms with Crippen LogP contribution < -0.4 is 0 Å². The first kappa shape index (κ1) is 78.2. The third kappa shape index (κ3) is 12.0. The predicted molar refractivity (Wildman–Crippen MR) is 409 cm³/mol. The first-order valence-electron chi connectivity index (χ1n) is 45.4. The molecule has 0 aromatic carbocycles. The zero-order valence-electron chi connectivity index (χ0n) is 69.1. The fourth-order valence-electron chi connectivity index (χ4n) is 32.9. The highest BCUT2D eigenvalue weighted by Gasteiger charge is 2.80. The van der Waals surface area contributed by atoms with Gasteiger partial charge in [-0.2, -0.15) is 5.26 Å². The molecule has 0 aromatic heterocycles. The monoisotopic (exact) mass is 1510 g/mol. The Bertz CT molecular complexity index is 3410. The lowest BCUT2D eigenvalue weighted by molar-refractivity contribution is -0.345. The third-order valence-corrected chi connectivity index (χ3v) is 38.9. The minimum absolute atomic E-state index is 0.000451. The van der Waals surface area contributed by atoms with E-state index in [9.17, 15) is 44.4 Å². The van der Waals surface area contributed by atoms with Gasteiger partial charge in [0.25, 0.3) is 0 Å². The quantitative estimate of drug-likeness (QED) is 0.0754. The molecule has 0 heterocycles. The van der Waals surface area contributed by atoms with Crippen LogP contribution in [0.2, 0.25) is 0 Å². The molecule has 109 heavy (non-hydrogen) atoms. The van der Waals surface area contributed by atoms with E-state index in [1.807, 2.05) is 48.5 Å². The van der Waals surface area contributed by atoms with E-state index in [0.29, 0.717) is 119 Å². The highest BCUT2D eigenvalue weighted by molar-refractivity contribution is 5.78. The number of hydrogen-bond acceptors (Lipinski definition) is 16. The van der Waals surface area contributed by atoms with Crippen molar-refractivity contribution in [3.63, 3.8) is 0 Å². The lowest BCUT2D eigenvalue weighted by atomic mass is 9.32. The summed E-state index contributed by atoms with van der Waals surface area (Å²) in [4.78, 5) is 61.5. The molecule has 30 saturated carbocycles. The van der Waals surface area contributed by atoms with E-state index < -0.39 is 22.0 Å². The fraction of sp³-hybridized carbons (Fsp3) is 0.935. The summed E-state index contributed by atoms with van der Waals surface area (Å²) in [7, 11) is 1.33. The van der Waals surface area contributed by atoms with Crippen LogP contribution in [0.4, 0.5) is 0 Å². The van der Waals surface area contributed by atoms with Gasteiger partial charge in [0.05, 0.1) is 70.3 Å². The number of nitrogens with zero attached hydrogens (tertiary/aromatic N) is 1. The van der Waals surface area contributed by atoms with Crippen LogP contribution in [0.15, 0.2) is 0 Å². The fourth-order valence-corrected chi connectivity index (χ4v) is 32.9. The normalized spacial score (nSPS) is 52.2. The van der Waals surface area contributed by atoms with E-state index in [4.69, 9.17) is 29.3 Å². The van der Waals surface area contributed by atoms with Crippen LogP contribution in [-0.2, 0) is 47.7 Å².